The molecule has 2 aromatic carbocycles. The molecule has 0 saturated carbocycles. The highest BCUT2D eigenvalue weighted by Crippen LogP contribution is 2.47. The number of benzene rings is 2. The second kappa shape index (κ2) is 7.51. The number of nitrogens with zero attached hydrogens (tertiary/aromatic N) is 1. The monoisotopic (exact) mass is 393 g/mol. The molecule has 1 aliphatic rings. The highest BCUT2D eigenvalue weighted by molar-refractivity contribution is 5.75. The second-order valence-electron chi connectivity index (χ2n) is 8.97. The fourth-order valence-corrected chi connectivity index (χ4v) is 3.92. The van der Waals surface area contributed by atoms with E-state index < -0.39 is 5.82 Å². The van der Waals surface area contributed by atoms with E-state index in [-0.39, 0.29) is 22.3 Å². The standard InChI is InChI=1S/C24H28FN3O/c1-7-10-29-22-14-21(28-26)20(13-18(22)25)27-19-12-17-16(11-15(19)2)23(3,4)8-9-24(17,5)6/h11-14,26-27H,8-9H2,1-6H3. The molecule has 1 aliphatic carbocycles. The number of halogens is 1. The molecular weight excluding hydrogens is 365 g/mol. The Hall–Kier alpha value is -2.87. The van der Waals surface area contributed by atoms with Gasteiger partial charge in [-0.15, -0.1) is 0 Å². The maximum absolute atomic E-state index is 14.5. The van der Waals surface area contributed by atoms with Gasteiger partial charge in [-0.1, -0.05) is 39.7 Å². The zero-order chi connectivity index (χ0) is 21.4. The molecule has 4 nitrogen and oxygen atoms in total. The van der Waals surface area contributed by atoms with E-state index in [1.807, 2.05) is 6.92 Å². The van der Waals surface area contributed by atoms with Gasteiger partial charge in [0.2, 0.25) is 0 Å². The first-order chi connectivity index (χ1) is 13.6. The zero-order valence-electron chi connectivity index (χ0n) is 18.0. The van der Waals surface area contributed by atoms with Crippen LogP contribution in [0.4, 0.5) is 21.5 Å². The van der Waals surface area contributed by atoms with Gasteiger partial charge in [0.05, 0.1) is 5.69 Å². The Kier molecular flexibility index (Phi) is 5.40. The van der Waals surface area contributed by atoms with Crippen molar-refractivity contribution in [2.24, 2.45) is 5.11 Å². The van der Waals surface area contributed by atoms with Crippen LogP contribution in [0.25, 0.3) is 0 Å². The number of rotatable bonds is 4. The number of hydrogen-bond donors (Lipinski definition) is 2. The molecule has 3 rings (SSSR count). The molecule has 0 spiro atoms. The van der Waals surface area contributed by atoms with Crippen LogP contribution in [-0.2, 0) is 10.8 Å². The number of fused-ring (bicyclic) bond motifs is 1. The van der Waals surface area contributed by atoms with Gasteiger partial charge >= 0.3 is 0 Å². The molecule has 152 valence electrons. The third-order valence-electron chi connectivity index (χ3n) is 5.90. The topological polar surface area (TPSA) is 57.5 Å². The van der Waals surface area contributed by atoms with Crippen molar-refractivity contribution in [1.29, 1.82) is 5.53 Å². The Morgan fingerprint density at radius 3 is 2.24 bits per heavy atom. The first-order valence-corrected chi connectivity index (χ1v) is 9.81. The third-order valence-corrected chi connectivity index (χ3v) is 5.90. The largest absolute Gasteiger partial charge is 0.404 e. The Bertz CT molecular complexity index is 1030. The molecule has 0 radical (unpaired) electrons. The normalized spacial score (nSPS) is 16.2. The van der Waals surface area contributed by atoms with Gasteiger partial charge in [-0.2, -0.15) is 5.11 Å². The van der Waals surface area contributed by atoms with E-state index in [2.05, 4.69) is 62.3 Å². The lowest BCUT2D eigenvalue weighted by Gasteiger charge is -2.42. The lowest BCUT2D eigenvalue weighted by Crippen LogP contribution is -2.34. The summed E-state index contributed by atoms with van der Waals surface area (Å²) in [5.74, 6) is 1.96. The van der Waals surface area contributed by atoms with Crippen molar-refractivity contribution in [2.75, 3.05) is 5.32 Å². The molecule has 0 amide bonds. The van der Waals surface area contributed by atoms with Gasteiger partial charge < -0.3 is 10.1 Å². The van der Waals surface area contributed by atoms with Crippen LogP contribution in [0.1, 0.15) is 64.2 Å². The first kappa shape index (κ1) is 20.9. The average Bonchev–Trinajstić information content (AvgIpc) is 2.66. The predicted molar refractivity (Wildman–Crippen MR) is 115 cm³/mol. The molecule has 0 fully saturated rings. The molecular formula is C24H28FN3O. The summed E-state index contributed by atoms with van der Waals surface area (Å²) in [6.07, 6.45) is 4.63. The Balaban J connectivity index is 2.06. The zero-order valence-corrected chi connectivity index (χ0v) is 18.0. The molecule has 29 heavy (non-hydrogen) atoms. The minimum atomic E-state index is -0.556. The van der Waals surface area contributed by atoms with Gasteiger partial charge in [-0.05, 0) is 53.4 Å². The molecule has 0 atom stereocenters. The van der Waals surface area contributed by atoms with Gasteiger partial charge in [-0.25, -0.2) is 9.92 Å². The number of hydrogen-bond acceptors (Lipinski definition) is 4. The smallest absolute Gasteiger partial charge is 0.178 e. The molecule has 0 aliphatic heterocycles. The van der Waals surface area contributed by atoms with E-state index in [1.165, 1.54) is 23.3 Å². The van der Waals surface area contributed by atoms with Crippen LogP contribution in [0.2, 0.25) is 0 Å². The van der Waals surface area contributed by atoms with E-state index >= 15 is 0 Å². The number of anilines is 2. The average molecular weight is 394 g/mol. The van der Waals surface area contributed by atoms with Crippen LogP contribution in [0.3, 0.4) is 0 Å². The molecule has 0 saturated heterocycles. The lowest BCUT2D eigenvalue weighted by molar-refractivity contribution is 0.332. The minimum absolute atomic E-state index is 0.0408. The van der Waals surface area contributed by atoms with Gasteiger partial charge in [0.15, 0.2) is 11.6 Å². The molecule has 0 unspecified atom stereocenters. The van der Waals surface area contributed by atoms with Crippen LogP contribution in [0.15, 0.2) is 29.4 Å². The molecule has 0 heterocycles. The van der Waals surface area contributed by atoms with E-state index in [4.69, 9.17) is 10.3 Å². The number of ether oxygens (including phenoxy) is 1. The van der Waals surface area contributed by atoms with Gasteiger partial charge in [0.1, 0.15) is 11.8 Å². The molecule has 2 aromatic rings. The van der Waals surface area contributed by atoms with Crippen molar-refractivity contribution >= 4 is 17.1 Å². The van der Waals surface area contributed by atoms with Gasteiger partial charge in [0.25, 0.3) is 0 Å². The van der Waals surface area contributed by atoms with Crippen molar-refractivity contribution in [2.45, 2.75) is 65.2 Å². The van der Waals surface area contributed by atoms with Crippen molar-refractivity contribution in [3.8, 4) is 17.8 Å². The van der Waals surface area contributed by atoms with Crippen LogP contribution in [0, 0.1) is 30.3 Å². The Labute approximate surface area is 172 Å². The fraction of sp³-hybridized carbons (Fsp3) is 0.417. The highest BCUT2D eigenvalue weighted by Gasteiger charge is 2.37. The summed E-state index contributed by atoms with van der Waals surface area (Å²) >= 11 is 0. The van der Waals surface area contributed by atoms with Gasteiger partial charge in [0, 0.05) is 24.7 Å². The maximum Gasteiger partial charge on any atom is 0.178 e. The second-order valence-corrected chi connectivity index (χ2v) is 8.97. The number of aryl methyl sites for hydroxylation is 1. The van der Waals surface area contributed by atoms with E-state index in [0.29, 0.717) is 5.69 Å². The SMILES string of the molecule is CC#COc1cc(N=N)c(Nc2cc3c(cc2C)C(C)(C)CCC3(C)C)cc1F. The molecule has 0 aromatic heterocycles. The maximum atomic E-state index is 14.5. The summed E-state index contributed by atoms with van der Waals surface area (Å²) in [5, 5.41) is 6.82. The summed E-state index contributed by atoms with van der Waals surface area (Å²) in [6.45, 7) is 12.8. The van der Waals surface area contributed by atoms with Crippen LogP contribution in [0.5, 0.6) is 5.75 Å². The predicted octanol–water partition coefficient (Wildman–Crippen LogP) is 7.25. The Morgan fingerprint density at radius 2 is 1.66 bits per heavy atom. The highest BCUT2D eigenvalue weighted by atomic mass is 19.1. The summed E-state index contributed by atoms with van der Waals surface area (Å²) in [4.78, 5) is 0. The minimum Gasteiger partial charge on any atom is -0.404 e. The van der Waals surface area contributed by atoms with Crippen LogP contribution < -0.4 is 10.1 Å². The van der Waals surface area contributed by atoms with Gasteiger partial charge in [-0.3, -0.25) is 0 Å². The van der Waals surface area contributed by atoms with E-state index in [9.17, 15) is 4.39 Å². The molecule has 2 N–H and O–H groups in total. The van der Waals surface area contributed by atoms with E-state index in [0.717, 1.165) is 24.1 Å². The third kappa shape index (κ3) is 3.98. The summed E-state index contributed by atoms with van der Waals surface area (Å²) in [7, 11) is 0. The quantitative estimate of drug-likeness (QED) is 0.424. The lowest BCUT2D eigenvalue weighted by atomic mass is 9.63. The van der Waals surface area contributed by atoms with Crippen molar-refractivity contribution in [1.82, 2.24) is 0 Å². The Morgan fingerprint density at radius 1 is 1.03 bits per heavy atom. The molecule has 5 heteroatoms. The summed E-state index contributed by atoms with van der Waals surface area (Å²) in [6, 6.07) is 7.09. The van der Waals surface area contributed by atoms with Crippen LogP contribution in [-0.4, -0.2) is 0 Å². The molecule has 0 bridgehead atoms. The van der Waals surface area contributed by atoms with Crippen molar-refractivity contribution < 1.29 is 9.13 Å². The van der Waals surface area contributed by atoms with Crippen molar-refractivity contribution in [3.63, 3.8) is 0 Å². The fourth-order valence-electron chi connectivity index (χ4n) is 3.92. The summed E-state index contributed by atoms with van der Waals surface area (Å²) in [5.41, 5.74) is 13.0. The van der Waals surface area contributed by atoms with Crippen molar-refractivity contribution in [3.05, 3.63) is 46.8 Å². The summed E-state index contributed by atoms with van der Waals surface area (Å²) < 4.78 is 19.5. The van der Waals surface area contributed by atoms with E-state index in [1.54, 1.807) is 6.92 Å². The first-order valence-electron chi connectivity index (χ1n) is 9.81. The number of nitrogens with one attached hydrogen (secondary N) is 2. The van der Waals surface area contributed by atoms with Crippen LogP contribution >= 0.6 is 0 Å².